The Balaban J connectivity index is 1.90. The number of rotatable bonds is 4. The lowest BCUT2D eigenvalue weighted by atomic mass is 9.68. The highest BCUT2D eigenvalue weighted by Crippen LogP contribution is 2.46. The van der Waals surface area contributed by atoms with Crippen LogP contribution in [0.4, 0.5) is 0 Å². The van der Waals surface area contributed by atoms with Crippen molar-refractivity contribution >= 4 is 0 Å². The summed E-state index contributed by atoms with van der Waals surface area (Å²) in [4.78, 5) is 0. The van der Waals surface area contributed by atoms with Gasteiger partial charge in [0, 0.05) is 0 Å². The highest BCUT2D eigenvalue weighted by molar-refractivity contribution is 5.33. The topological polar surface area (TPSA) is 0 Å². The normalized spacial score (nSPS) is 24.6. The first-order valence-corrected chi connectivity index (χ1v) is 9.30. The van der Waals surface area contributed by atoms with Gasteiger partial charge in [-0.05, 0) is 73.1 Å². The molecule has 1 aliphatic carbocycles. The summed E-state index contributed by atoms with van der Waals surface area (Å²) < 4.78 is 0. The van der Waals surface area contributed by atoms with E-state index in [0.717, 1.165) is 17.8 Å². The zero-order valence-electron chi connectivity index (χ0n) is 14.9. The zero-order chi connectivity index (χ0) is 16.2. The van der Waals surface area contributed by atoms with Crippen molar-refractivity contribution in [3.63, 3.8) is 0 Å². The van der Waals surface area contributed by atoms with Crippen molar-refractivity contribution in [3.8, 4) is 0 Å². The number of benzene rings is 2. The van der Waals surface area contributed by atoms with Gasteiger partial charge in [0.05, 0.1) is 0 Å². The predicted molar refractivity (Wildman–Crippen MR) is 100 cm³/mol. The van der Waals surface area contributed by atoms with Crippen LogP contribution in [0.1, 0.15) is 73.1 Å². The van der Waals surface area contributed by atoms with Crippen molar-refractivity contribution in [2.24, 2.45) is 5.92 Å². The van der Waals surface area contributed by atoms with Crippen LogP contribution in [0, 0.1) is 19.8 Å². The summed E-state index contributed by atoms with van der Waals surface area (Å²) in [5, 5.41) is 0. The third-order valence-corrected chi connectivity index (χ3v) is 5.76. The highest BCUT2D eigenvalue weighted by atomic mass is 14.4. The van der Waals surface area contributed by atoms with Crippen LogP contribution in [-0.4, -0.2) is 0 Å². The monoisotopic (exact) mass is 306 g/mol. The third-order valence-electron chi connectivity index (χ3n) is 5.76. The molecule has 0 N–H and O–H groups in total. The molecule has 0 radical (unpaired) electrons. The molecule has 0 heteroatoms. The molecule has 0 nitrogen and oxygen atoms in total. The minimum Gasteiger partial charge on any atom is -0.0654 e. The van der Waals surface area contributed by atoms with Gasteiger partial charge in [0.25, 0.3) is 0 Å². The van der Waals surface area contributed by atoms with Crippen molar-refractivity contribution < 1.29 is 0 Å². The minimum absolute atomic E-state index is 0.728. The van der Waals surface area contributed by atoms with Crippen molar-refractivity contribution in [1.82, 2.24) is 0 Å². The zero-order valence-corrected chi connectivity index (χ0v) is 14.9. The maximum absolute atomic E-state index is 2.36. The van der Waals surface area contributed by atoms with Crippen molar-refractivity contribution in [3.05, 3.63) is 70.8 Å². The summed E-state index contributed by atoms with van der Waals surface area (Å²) in [5.74, 6) is 2.33. The molecule has 23 heavy (non-hydrogen) atoms. The molecule has 0 spiro atoms. The maximum atomic E-state index is 2.36. The molecule has 2 aromatic rings. The third kappa shape index (κ3) is 3.68. The van der Waals surface area contributed by atoms with Gasteiger partial charge < -0.3 is 0 Å². The maximum Gasteiger partial charge on any atom is -0.0151 e. The van der Waals surface area contributed by atoms with E-state index in [2.05, 4.69) is 69.3 Å². The molecule has 1 fully saturated rings. The predicted octanol–water partition coefficient (Wildman–Crippen LogP) is 6.77. The van der Waals surface area contributed by atoms with Gasteiger partial charge >= 0.3 is 0 Å². The van der Waals surface area contributed by atoms with E-state index in [-0.39, 0.29) is 0 Å². The summed E-state index contributed by atoms with van der Waals surface area (Å²) in [6.45, 7) is 6.89. The highest BCUT2D eigenvalue weighted by Gasteiger charge is 2.31. The quantitative estimate of drug-likeness (QED) is 0.584. The second-order valence-electron chi connectivity index (χ2n) is 7.47. The van der Waals surface area contributed by atoms with Crippen LogP contribution in [0.5, 0.6) is 0 Å². The molecular weight excluding hydrogens is 276 g/mol. The number of aryl methyl sites for hydroxylation is 2. The van der Waals surface area contributed by atoms with Crippen molar-refractivity contribution in [2.75, 3.05) is 0 Å². The molecule has 2 unspecified atom stereocenters. The van der Waals surface area contributed by atoms with Crippen LogP contribution in [0.25, 0.3) is 0 Å². The Morgan fingerprint density at radius 1 is 0.739 bits per heavy atom. The minimum atomic E-state index is 0.728. The van der Waals surface area contributed by atoms with Gasteiger partial charge in [0.2, 0.25) is 0 Å². The van der Waals surface area contributed by atoms with Crippen LogP contribution >= 0.6 is 0 Å². The van der Waals surface area contributed by atoms with Crippen LogP contribution in [0.3, 0.4) is 0 Å². The molecule has 0 heterocycles. The first-order chi connectivity index (χ1) is 11.2. The summed E-state index contributed by atoms with van der Waals surface area (Å²) in [7, 11) is 0. The second-order valence-corrected chi connectivity index (χ2v) is 7.47. The Morgan fingerprint density at radius 2 is 1.22 bits per heavy atom. The average molecular weight is 306 g/mol. The fourth-order valence-electron chi connectivity index (χ4n) is 4.68. The van der Waals surface area contributed by atoms with Crippen molar-refractivity contribution in [1.29, 1.82) is 0 Å². The smallest absolute Gasteiger partial charge is 0.0151 e. The molecule has 2 atom stereocenters. The van der Waals surface area contributed by atoms with Crippen LogP contribution in [0.15, 0.2) is 48.5 Å². The van der Waals surface area contributed by atoms with E-state index in [0.29, 0.717) is 0 Å². The SMILES string of the molecule is CCCC1CC(c2ccccc2C)CC(c2ccccc2C)C1. The Labute approximate surface area is 141 Å². The standard InChI is InChI=1S/C23H30/c1-4-9-19-14-20(22-12-7-5-10-17(22)2)16-21(15-19)23-13-8-6-11-18(23)3/h5-8,10-13,19-21H,4,9,14-16H2,1-3H3. The molecule has 2 aromatic carbocycles. The van der Waals surface area contributed by atoms with E-state index in [9.17, 15) is 0 Å². The molecule has 0 amide bonds. The molecule has 0 saturated heterocycles. The first-order valence-electron chi connectivity index (χ1n) is 9.30. The summed E-state index contributed by atoms with van der Waals surface area (Å²) >= 11 is 0. The van der Waals surface area contributed by atoms with E-state index >= 15 is 0 Å². The fourth-order valence-corrected chi connectivity index (χ4v) is 4.68. The fraction of sp³-hybridized carbons (Fsp3) is 0.478. The summed E-state index contributed by atoms with van der Waals surface area (Å²) in [6, 6.07) is 18.1. The first kappa shape index (κ1) is 16.3. The molecule has 0 bridgehead atoms. The lowest BCUT2D eigenvalue weighted by Gasteiger charge is -2.36. The van der Waals surface area contributed by atoms with Gasteiger partial charge in [0.15, 0.2) is 0 Å². The van der Waals surface area contributed by atoms with Gasteiger partial charge in [-0.15, -0.1) is 0 Å². The molecule has 1 aliphatic rings. The lowest BCUT2D eigenvalue weighted by molar-refractivity contribution is 0.272. The van der Waals surface area contributed by atoms with Gasteiger partial charge in [0.1, 0.15) is 0 Å². The van der Waals surface area contributed by atoms with Gasteiger partial charge in [-0.1, -0.05) is 68.3 Å². The van der Waals surface area contributed by atoms with Crippen LogP contribution in [0.2, 0.25) is 0 Å². The average Bonchev–Trinajstić information content (AvgIpc) is 2.56. The summed E-state index contributed by atoms with van der Waals surface area (Å²) in [5.41, 5.74) is 6.12. The van der Waals surface area contributed by atoms with E-state index in [4.69, 9.17) is 0 Å². The van der Waals surface area contributed by atoms with Gasteiger partial charge in [-0.3, -0.25) is 0 Å². The van der Waals surface area contributed by atoms with Gasteiger partial charge in [-0.2, -0.15) is 0 Å². The molecule has 0 aliphatic heterocycles. The Bertz CT molecular complexity index is 586. The largest absolute Gasteiger partial charge is 0.0654 e. The molecular formula is C23H30. The molecule has 0 aromatic heterocycles. The summed E-state index contributed by atoms with van der Waals surface area (Å²) in [6.07, 6.45) is 6.76. The number of hydrogen-bond acceptors (Lipinski definition) is 0. The van der Waals surface area contributed by atoms with Crippen molar-refractivity contribution in [2.45, 2.75) is 64.7 Å². The van der Waals surface area contributed by atoms with Crippen LogP contribution in [-0.2, 0) is 0 Å². The Morgan fingerprint density at radius 3 is 1.65 bits per heavy atom. The Hall–Kier alpha value is -1.56. The second kappa shape index (κ2) is 7.34. The van der Waals surface area contributed by atoms with E-state index in [1.165, 1.54) is 43.2 Å². The Kier molecular flexibility index (Phi) is 5.20. The number of hydrogen-bond donors (Lipinski definition) is 0. The van der Waals surface area contributed by atoms with E-state index in [1.807, 2.05) is 0 Å². The molecule has 3 rings (SSSR count). The van der Waals surface area contributed by atoms with E-state index in [1.54, 1.807) is 11.1 Å². The van der Waals surface area contributed by atoms with E-state index < -0.39 is 0 Å². The lowest BCUT2D eigenvalue weighted by Crippen LogP contribution is -2.21. The van der Waals surface area contributed by atoms with Crippen LogP contribution < -0.4 is 0 Å². The van der Waals surface area contributed by atoms with Gasteiger partial charge in [-0.25, -0.2) is 0 Å². The molecule has 122 valence electrons. The molecule has 1 saturated carbocycles.